The van der Waals surface area contributed by atoms with E-state index in [1.165, 1.54) is 36.5 Å². The largest absolute Gasteiger partial charge is 0.478 e. The van der Waals surface area contributed by atoms with Crippen molar-refractivity contribution < 1.29 is 14.3 Å². The van der Waals surface area contributed by atoms with Gasteiger partial charge in [-0.25, -0.2) is 9.18 Å². The zero-order valence-corrected chi connectivity index (χ0v) is 18.2. The maximum absolute atomic E-state index is 14.0. The van der Waals surface area contributed by atoms with Gasteiger partial charge in [0.15, 0.2) is 0 Å². The molecule has 0 bridgehead atoms. The van der Waals surface area contributed by atoms with Crippen LogP contribution in [0.2, 0.25) is 0 Å². The lowest BCUT2D eigenvalue weighted by atomic mass is 9.79. The molecule has 2 aromatic rings. The lowest BCUT2D eigenvalue weighted by molar-refractivity contribution is 0.0692. The summed E-state index contributed by atoms with van der Waals surface area (Å²) in [6.45, 7) is 3.82. The number of hydrogen-bond donors (Lipinski definition) is 1. The summed E-state index contributed by atoms with van der Waals surface area (Å²) in [6.07, 6.45) is 4.53. The van der Waals surface area contributed by atoms with E-state index in [1.807, 2.05) is 19.0 Å². The van der Waals surface area contributed by atoms with Gasteiger partial charge in [-0.1, -0.05) is 0 Å². The van der Waals surface area contributed by atoms with Crippen LogP contribution in [-0.2, 0) is 0 Å². The molecule has 0 radical (unpaired) electrons. The van der Waals surface area contributed by atoms with Crippen molar-refractivity contribution in [2.45, 2.75) is 25.7 Å². The Hall–Kier alpha value is -2.42. The fourth-order valence-electron chi connectivity index (χ4n) is 4.58. The minimum atomic E-state index is -1.23. The van der Waals surface area contributed by atoms with E-state index in [-0.39, 0.29) is 5.56 Å². The number of aromatic carboxylic acids is 1. The number of hydrogen-bond acceptors (Lipinski definition) is 7. The Morgan fingerprint density at radius 3 is 2.20 bits per heavy atom. The Morgan fingerprint density at radius 1 is 1.10 bits per heavy atom. The highest BCUT2D eigenvalue weighted by Crippen LogP contribution is 2.35. The van der Waals surface area contributed by atoms with Crippen molar-refractivity contribution in [1.29, 1.82) is 0 Å². The number of benzene rings is 1. The summed E-state index contributed by atoms with van der Waals surface area (Å²) in [5.74, 6) is 0.297. The first-order valence-corrected chi connectivity index (χ1v) is 11.2. The second kappa shape index (κ2) is 8.75. The second-order valence-electron chi connectivity index (χ2n) is 8.39. The molecule has 162 valence electrons. The third-order valence-electron chi connectivity index (χ3n) is 6.37. The summed E-state index contributed by atoms with van der Waals surface area (Å²) in [5.41, 5.74) is 0.507. The first kappa shape index (κ1) is 20.8. The molecule has 0 spiro atoms. The highest BCUT2D eigenvalue weighted by molar-refractivity contribution is 7.09. The molecule has 0 unspecified atom stereocenters. The molecule has 4 rings (SSSR count). The molecule has 2 aliphatic rings. The predicted molar refractivity (Wildman–Crippen MR) is 117 cm³/mol. The van der Waals surface area contributed by atoms with E-state index in [9.17, 15) is 9.18 Å². The number of carboxylic acid groups (broad SMARTS) is 1. The van der Waals surface area contributed by atoms with Crippen molar-refractivity contribution in [2.24, 2.45) is 11.8 Å². The Kier molecular flexibility index (Phi) is 6.08. The summed E-state index contributed by atoms with van der Waals surface area (Å²) in [6, 6.07) is 4.44. The number of carboxylic acids is 1. The Labute approximate surface area is 180 Å². The van der Waals surface area contributed by atoms with Crippen molar-refractivity contribution in [3.05, 3.63) is 29.6 Å². The molecule has 0 amide bonds. The standard InChI is InChI=1S/C21H28FN5O2S/c1-25(2)20-23-21(30-24-20)27-11-7-15(8-12-27)14-5-9-26(10-6-14)16-3-4-17(19(28)29)18(22)13-16/h3-4,13-15H,5-12H2,1-2H3,(H,28,29). The molecule has 2 aliphatic heterocycles. The third-order valence-corrected chi connectivity index (χ3v) is 7.14. The Morgan fingerprint density at radius 2 is 1.70 bits per heavy atom. The van der Waals surface area contributed by atoms with Gasteiger partial charge in [-0.05, 0) is 55.7 Å². The zero-order valence-electron chi connectivity index (χ0n) is 17.4. The van der Waals surface area contributed by atoms with E-state index >= 15 is 0 Å². The first-order chi connectivity index (χ1) is 14.4. The monoisotopic (exact) mass is 433 g/mol. The van der Waals surface area contributed by atoms with Crippen LogP contribution in [0.1, 0.15) is 36.0 Å². The summed E-state index contributed by atoms with van der Waals surface area (Å²) in [7, 11) is 3.92. The lowest BCUT2D eigenvalue weighted by Crippen LogP contribution is -2.41. The van der Waals surface area contributed by atoms with Gasteiger partial charge in [-0.2, -0.15) is 9.36 Å². The molecule has 0 atom stereocenters. The molecule has 30 heavy (non-hydrogen) atoms. The van der Waals surface area contributed by atoms with Gasteiger partial charge < -0.3 is 19.8 Å². The van der Waals surface area contributed by atoms with E-state index < -0.39 is 11.8 Å². The van der Waals surface area contributed by atoms with E-state index in [4.69, 9.17) is 5.11 Å². The smallest absolute Gasteiger partial charge is 0.338 e. The van der Waals surface area contributed by atoms with Crippen LogP contribution in [0.15, 0.2) is 18.2 Å². The van der Waals surface area contributed by atoms with Crippen LogP contribution in [0.4, 0.5) is 21.2 Å². The topological polar surface area (TPSA) is 72.8 Å². The van der Waals surface area contributed by atoms with Crippen LogP contribution in [0.3, 0.4) is 0 Å². The van der Waals surface area contributed by atoms with Gasteiger partial charge in [0, 0.05) is 57.5 Å². The summed E-state index contributed by atoms with van der Waals surface area (Å²) in [4.78, 5) is 22.1. The molecular formula is C21H28FN5O2S. The van der Waals surface area contributed by atoms with Crippen LogP contribution >= 0.6 is 11.5 Å². The molecule has 2 saturated heterocycles. The quantitative estimate of drug-likeness (QED) is 0.773. The number of nitrogens with zero attached hydrogens (tertiary/aromatic N) is 5. The maximum atomic E-state index is 14.0. The predicted octanol–water partition coefficient (Wildman–Crippen LogP) is 3.57. The van der Waals surface area contributed by atoms with Crippen molar-refractivity contribution >= 4 is 34.3 Å². The summed E-state index contributed by atoms with van der Waals surface area (Å²) >= 11 is 1.47. The van der Waals surface area contributed by atoms with Crippen molar-refractivity contribution in [3.8, 4) is 0 Å². The molecule has 3 heterocycles. The molecule has 2 fully saturated rings. The minimum Gasteiger partial charge on any atom is -0.478 e. The van der Waals surface area contributed by atoms with Crippen LogP contribution in [-0.4, -0.2) is 60.7 Å². The highest BCUT2D eigenvalue weighted by atomic mass is 32.1. The van der Waals surface area contributed by atoms with E-state index in [2.05, 4.69) is 19.2 Å². The van der Waals surface area contributed by atoms with Crippen molar-refractivity contribution in [3.63, 3.8) is 0 Å². The van der Waals surface area contributed by atoms with E-state index in [0.717, 1.165) is 61.7 Å². The SMILES string of the molecule is CN(C)c1nsc(N2CCC(C3CCN(c4ccc(C(=O)O)c(F)c4)CC3)CC2)n1. The summed E-state index contributed by atoms with van der Waals surface area (Å²) in [5, 5.41) is 10.0. The third kappa shape index (κ3) is 4.35. The fraction of sp³-hybridized carbons (Fsp3) is 0.571. The number of halogens is 1. The number of rotatable bonds is 5. The highest BCUT2D eigenvalue weighted by Gasteiger charge is 2.31. The van der Waals surface area contributed by atoms with Crippen LogP contribution < -0.4 is 14.7 Å². The van der Waals surface area contributed by atoms with E-state index in [0.29, 0.717) is 5.92 Å². The maximum Gasteiger partial charge on any atom is 0.338 e. The number of carbonyl (C=O) groups is 1. The van der Waals surface area contributed by atoms with Gasteiger partial charge in [-0.3, -0.25) is 0 Å². The molecule has 9 heteroatoms. The molecule has 1 N–H and O–H groups in total. The van der Waals surface area contributed by atoms with Crippen LogP contribution in [0, 0.1) is 17.7 Å². The normalized spacial score (nSPS) is 18.6. The van der Waals surface area contributed by atoms with Gasteiger partial charge in [0.2, 0.25) is 11.1 Å². The van der Waals surface area contributed by atoms with Gasteiger partial charge in [0.25, 0.3) is 0 Å². The van der Waals surface area contributed by atoms with Crippen LogP contribution in [0.25, 0.3) is 0 Å². The molecular weight excluding hydrogens is 405 g/mol. The Bertz CT molecular complexity index is 889. The molecule has 0 saturated carbocycles. The average Bonchev–Trinajstić information content (AvgIpc) is 3.24. The lowest BCUT2D eigenvalue weighted by Gasteiger charge is -2.40. The van der Waals surface area contributed by atoms with Crippen molar-refractivity contribution in [2.75, 3.05) is 55.0 Å². The molecule has 1 aromatic heterocycles. The molecule has 0 aliphatic carbocycles. The number of piperidine rings is 2. The average molecular weight is 434 g/mol. The first-order valence-electron chi connectivity index (χ1n) is 10.5. The van der Waals surface area contributed by atoms with Crippen LogP contribution in [0.5, 0.6) is 0 Å². The van der Waals surface area contributed by atoms with Gasteiger partial charge >= 0.3 is 5.97 Å². The fourth-order valence-corrected chi connectivity index (χ4v) is 5.37. The molecule has 1 aromatic carbocycles. The zero-order chi connectivity index (χ0) is 21.3. The summed E-state index contributed by atoms with van der Waals surface area (Å²) < 4.78 is 18.4. The minimum absolute atomic E-state index is 0.270. The van der Waals surface area contributed by atoms with Gasteiger partial charge in [0.05, 0.1) is 5.56 Å². The van der Waals surface area contributed by atoms with Gasteiger partial charge in [-0.15, -0.1) is 0 Å². The van der Waals surface area contributed by atoms with Gasteiger partial charge in [0.1, 0.15) is 5.82 Å². The van der Waals surface area contributed by atoms with E-state index in [1.54, 1.807) is 6.07 Å². The van der Waals surface area contributed by atoms with Crippen molar-refractivity contribution in [1.82, 2.24) is 9.36 Å². The number of anilines is 3. The Balaban J connectivity index is 1.29. The molecule has 7 nitrogen and oxygen atoms in total. The second-order valence-corrected chi connectivity index (χ2v) is 9.12. The number of aromatic nitrogens is 2.